The number of carbonyl (C=O) groups is 2. The molecule has 0 bridgehead atoms. The summed E-state index contributed by atoms with van der Waals surface area (Å²) in [5.41, 5.74) is 6.90. The number of hydrogen-bond donors (Lipinski definition) is 1. The molecule has 0 aliphatic carbocycles. The lowest BCUT2D eigenvalue weighted by Gasteiger charge is -2.33. The van der Waals surface area contributed by atoms with Crippen LogP contribution in [-0.4, -0.2) is 68.7 Å². The van der Waals surface area contributed by atoms with Crippen molar-refractivity contribution in [3.63, 3.8) is 0 Å². The molecule has 0 radical (unpaired) electrons. The third kappa shape index (κ3) is 7.12. The summed E-state index contributed by atoms with van der Waals surface area (Å²) in [6.45, 7) is 9.61. The molecule has 0 saturated carbocycles. The molecule has 1 aliphatic rings. The molecule has 3 aromatic rings. The Hall–Kier alpha value is -4.30. The van der Waals surface area contributed by atoms with Crippen LogP contribution in [0.25, 0.3) is 16.7 Å². The molecule has 4 rings (SSSR count). The van der Waals surface area contributed by atoms with E-state index in [1.807, 2.05) is 56.3 Å². The van der Waals surface area contributed by atoms with E-state index >= 15 is 0 Å². The van der Waals surface area contributed by atoms with E-state index in [0.29, 0.717) is 23.6 Å². The van der Waals surface area contributed by atoms with Crippen molar-refractivity contribution in [2.75, 3.05) is 46.7 Å². The van der Waals surface area contributed by atoms with E-state index in [1.54, 1.807) is 38.4 Å². The highest BCUT2D eigenvalue weighted by molar-refractivity contribution is 5.91. The summed E-state index contributed by atoms with van der Waals surface area (Å²) in [6, 6.07) is 16.7. The van der Waals surface area contributed by atoms with Crippen LogP contribution in [-0.2, 0) is 11.3 Å². The van der Waals surface area contributed by atoms with Gasteiger partial charge in [-0.25, -0.2) is 9.59 Å². The maximum atomic E-state index is 13.0. The van der Waals surface area contributed by atoms with Gasteiger partial charge in [0.15, 0.2) is 0 Å². The molecule has 0 aromatic heterocycles. The molecule has 1 amide bonds. The second-order valence-electron chi connectivity index (χ2n) is 11.6. The highest BCUT2D eigenvalue weighted by Gasteiger charge is 2.27. The number of rotatable bonds is 9. The highest BCUT2D eigenvalue weighted by Crippen LogP contribution is 2.43. The number of likely N-dealkylation sites (N-methyl/N-ethyl adjacent to an activating group) is 2. The van der Waals surface area contributed by atoms with E-state index in [2.05, 4.69) is 32.2 Å². The van der Waals surface area contributed by atoms with Crippen molar-refractivity contribution in [2.45, 2.75) is 39.8 Å². The summed E-state index contributed by atoms with van der Waals surface area (Å²) in [6.07, 6.45) is 1.73. The van der Waals surface area contributed by atoms with Crippen LogP contribution in [0.1, 0.15) is 47.8 Å². The number of esters is 1. The lowest BCUT2D eigenvalue weighted by atomic mass is 9.85. The normalized spacial score (nSPS) is 13.5. The van der Waals surface area contributed by atoms with Crippen LogP contribution in [0.2, 0.25) is 0 Å². The number of amides is 1. The number of allylic oxidation sites excluding steroid dienone is 1. The van der Waals surface area contributed by atoms with Gasteiger partial charge in [0.2, 0.25) is 0 Å². The van der Waals surface area contributed by atoms with E-state index < -0.39 is 12.1 Å². The first kappa shape index (κ1) is 30.7. The van der Waals surface area contributed by atoms with Crippen molar-refractivity contribution in [3.8, 4) is 22.6 Å². The average molecular weight is 572 g/mol. The third-order valence-electron chi connectivity index (χ3n) is 7.24. The van der Waals surface area contributed by atoms with Crippen LogP contribution in [0.5, 0.6) is 11.5 Å². The van der Waals surface area contributed by atoms with Crippen molar-refractivity contribution in [1.82, 2.24) is 9.80 Å². The summed E-state index contributed by atoms with van der Waals surface area (Å²) < 4.78 is 17.3. The molecule has 1 aliphatic heterocycles. The van der Waals surface area contributed by atoms with E-state index in [1.165, 1.54) is 4.90 Å². The highest BCUT2D eigenvalue weighted by atomic mass is 16.6. The molecular weight excluding hydrogens is 530 g/mol. The third-order valence-corrected chi connectivity index (χ3v) is 7.24. The summed E-state index contributed by atoms with van der Waals surface area (Å²) in [5, 5.41) is 3.59. The molecule has 8 nitrogen and oxygen atoms in total. The zero-order valence-corrected chi connectivity index (χ0v) is 25.8. The Morgan fingerprint density at radius 3 is 2.26 bits per heavy atom. The minimum absolute atomic E-state index is 0.0645. The molecule has 8 heteroatoms. The van der Waals surface area contributed by atoms with Gasteiger partial charge in [0.25, 0.3) is 0 Å². The number of fused-ring (bicyclic) bond motifs is 1. The van der Waals surface area contributed by atoms with Gasteiger partial charge < -0.3 is 29.3 Å². The number of hydrogen-bond acceptors (Lipinski definition) is 7. The predicted molar refractivity (Wildman–Crippen MR) is 167 cm³/mol. The molecule has 0 spiro atoms. The molecule has 0 atom stereocenters. The van der Waals surface area contributed by atoms with Crippen LogP contribution >= 0.6 is 0 Å². The number of anilines is 1. The second-order valence-corrected chi connectivity index (χ2v) is 11.6. The topological polar surface area (TPSA) is 80.3 Å². The van der Waals surface area contributed by atoms with Crippen LogP contribution < -0.4 is 14.8 Å². The number of nitrogens with one attached hydrogen (secondary N) is 1. The number of carbonyl (C=O) groups excluding carboxylic acids is 2. The van der Waals surface area contributed by atoms with Crippen LogP contribution in [0, 0.1) is 6.92 Å². The Morgan fingerprint density at radius 1 is 0.905 bits per heavy atom. The van der Waals surface area contributed by atoms with Gasteiger partial charge in [0.05, 0.1) is 18.2 Å². The molecule has 1 N–H and O–H groups in total. The fraction of sp³-hybridized carbons (Fsp3) is 0.353. The zero-order chi connectivity index (χ0) is 30.6. The lowest BCUT2D eigenvalue weighted by molar-refractivity contribution is 0.0473. The number of methoxy groups -OCH3 is 1. The standard InChI is InChI=1S/C34H41N3O5/c1-22-9-11-24(12-10-22)32(38)41-21-28-26(15-16-29-31(28)23(2)20-34(3,4)35-29)27-14-13-25(19-30(27)40-8)42-33(39)37(7)18-17-36(5)6/h9-16,19-20,35H,17-18,21H2,1-8H3. The number of aryl methyl sites for hydroxylation is 1. The first-order valence-electron chi connectivity index (χ1n) is 14.0. The van der Waals surface area contributed by atoms with Gasteiger partial charge >= 0.3 is 12.1 Å². The van der Waals surface area contributed by atoms with Crippen molar-refractivity contribution < 1.29 is 23.8 Å². The van der Waals surface area contributed by atoms with Crippen LogP contribution in [0.4, 0.5) is 10.5 Å². The molecule has 42 heavy (non-hydrogen) atoms. The summed E-state index contributed by atoms with van der Waals surface area (Å²) in [7, 11) is 7.20. The predicted octanol–water partition coefficient (Wildman–Crippen LogP) is 6.63. The van der Waals surface area contributed by atoms with E-state index in [4.69, 9.17) is 14.2 Å². The van der Waals surface area contributed by atoms with Crippen molar-refractivity contribution in [1.29, 1.82) is 0 Å². The quantitative estimate of drug-likeness (QED) is 0.289. The molecule has 222 valence electrons. The maximum Gasteiger partial charge on any atom is 0.415 e. The monoisotopic (exact) mass is 571 g/mol. The van der Waals surface area contributed by atoms with Crippen molar-refractivity contribution >= 4 is 23.3 Å². The molecule has 3 aromatic carbocycles. The summed E-state index contributed by atoms with van der Waals surface area (Å²) >= 11 is 0. The molecule has 0 fully saturated rings. The first-order chi connectivity index (χ1) is 19.9. The molecule has 0 saturated heterocycles. The van der Waals surface area contributed by atoms with Gasteiger partial charge in [-0.05, 0) is 83.3 Å². The Balaban J connectivity index is 1.70. The smallest absolute Gasteiger partial charge is 0.415 e. The van der Waals surface area contributed by atoms with Gasteiger partial charge in [-0.2, -0.15) is 0 Å². The minimum Gasteiger partial charge on any atom is -0.496 e. The number of benzene rings is 3. The van der Waals surface area contributed by atoms with E-state index in [9.17, 15) is 9.59 Å². The van der Waals surface area contributed by atoms with Gasteiger partial charge in [0, 0.05) is 48.6 Å². The van der Waals surface area contributed by atoms with Crippen molar-refractivity contribution in [3.05, 3.63) is 82.9 Å². The van der Waals surface area contributed by atoms with Gasteiger partial charge in [-0.15, -0.1) is 0 Å². The summed E-state index contributed by atoms with van der Waals surface area (Å²) in [5.74, 6) is 0.520. The van der Waals surface area contributed by atoms with E-state index in [-0.39, 0.29) is 12.1 Å². The Kier molecular flexibility index (Phi) is 9.27. The average Bonchev–Trinajstić information content (AvgIpc) is 2.94. The minimum atomic E-state index is -0.446. The van der Waals surface area contributed by atoms with Gasteiger partial charge in [0.1, 0.15) is 18.1 Å². The fourth-order valence-electron chi connectivity index (χ4n) is 5.09. The number of ether oxygens (including phenoxy) is 3. The first-order valence-corrected chi connectivity index (χ1v) is 14.0. The molecule has 1 heterocycles. The second kappa shape index (κ2) is 12.7. The van der Waals surface area contributed by atoms with E-state index in [0.717, 1.165) is 45.6 Å². The lowest BCUT2D eigenvalue weighted by Crippen LogP contribution is -2.35. The number of nitrogens with zero attached hydrogens (tertiary/aromatic N) is 2. The Morgan fingerprint density at radius 2 is 1.60 bits per heavy atom. The molecular formula is C34H41N3O5. The van der Waals surface area contributed by atoms with Gasteiger partial charge in [-0.3, -0.25) is 0 Å². The van der Waals surface area contributed by atoms with Gasteiger partial charge in [-0.1, -0.05) is 29.8 Å². The zero-order valence-electron chi connectivity index (χ0n) is 25.8. The Bertz CT molecular complexity index is 1490. The SMILES string of the molecule is COc1cc(OC(=O)N(C)CCN(C)C)ccc1-c1ccc2c(c1COC(=O)c1ccc(C)cc1)C(C)=CC(C)(C)N2. The van der Waals surface area contributed by atoms with Crippen LogP contribution in [0.15, 0.2) is 60.7 Å². The van der Waals surface area contributed by atoms with Crippen molar-refractivity contribution in [2.24, 2.45) is 0 Å². The summed E-state index contributed by atoms with van der Waals surface area (Å²) in [4.78, 5) is 29.2. The Labute approximate surface area is 248 Å². The fourth-order valence-corrected chi connectivity index (χ4v) is 5.09. The van der Waals surface area contributed by atoms with Crippen LogP contribution in [0.3, 0.4) is 0 Å². The maximum absolute atomic E-state index is 13.0. The largest absolute Gasteiger partial charge is 0.496 e. The molecule has 0 unspecified atom stereocenters.